The molecule has 166 valence electrons. The highest BCUT2D eigenvalue weighted by molar-refractivity contribution is 5.81. The number of imidazole rings is 1. The van der Waals surface area contributed by atoms with Crippen LogP contribution in [0.25, 0.3) is 22.4 Å². The van der Waals surface area contributed by atoms with Gasteiger partial charge in [0.15, 0.2) is 0 Å². The normalized spacial score (nSPS) is 12.6. The maximum atomic E-state index is 12.1. The lowest BCUT2D eigenvalue weighted by molar-refractivity contribution is -0.139. The van der Waals surface area contributed by atoms with Gasteiger partial charge < -0.3 is 19.6 Å². The Kier molecular flexibility index (Phi) is 6.95. The number of pyridine rings is 1. The van der Waals surface area contributed by atoms with Crippen LogP contribution in [0.15, 0.2) is 35.3 Å². The van der Waals surface area contributed by atoms with Gasteiger partial charge in [-0.2, -0.15) is 0 Å². The summed E-state index contributed by atoms with van der Waals surface area (Å²) >= 11 is 0. The molecule has 0 aliphatic carbocycles. The first kappa shape index (κ1) is 22.7. The Bertz CT molecular complexity index is 1120. The zero-order valence-corrected chi connectivity index (χ0v) is 19.0. The van der Waals surface area contributed by atoms with Gasteiger partial charge in [-0.15, -0.1) is 0 Å². The van der Waals surface area contributed by atoms with E-state index in [1.807, 2.05) is 37.4 Å². The molecule has 0 saturated carbocycles. The SMILES string of the molecule is CCn1c(-c2cc(C)c(=O)n(C)c2)nc2cc(CN[C@@H](CCC(C)C)C(=O)O)ccc21. The summed E-state index contributed by atoms with van der Waals surface area (Å²) in [6.45, 7) is 9.30. The van der Waals surface area contributed by atoms with E-state index in [-0.39, 0.29) is 5.56 Å². The standard InChI is InChI=1S/C24H32N4O3/c1-6-28-21-10-8-17(13-25-19(24(30)31)9-7-15(2)3)12-20(21)26-22(28)18-11-16(4)23(29)27(5)14-18/h8,10-12,14-15,19,25H,6-7,9,13H2,1-5H3,(H,30,31)/t19-/m0/s1. The fourth-order valence-electron chi connectivity index (χ4n) is 3.88. The number of aryl methyl sites for hydroxylation is 3. The number of hydrogen-bond donors (Lipinski definition) is 2. The van der Waals surface area contributed by atoms with Crippen LogP contribution in [-0.2, 0) is 24.9 Å². The number of hydrogen-bond acceptors (Lipinski definition) is 4. The third-order valence-corrected chi connectivity index (χ3v) is 5.63. The topological polar surface area (TPSA) is 89.2 Å². The van der Waals surface area contributed by atoms with Gasteiger partial charge in [-0.05, 0) is 56.4 Å². The first-order valence-corrected chi connectivity index (χ1v) is 10.8. The Hall–Kier alpha value is -2.93. The molecule has 1 atom stereocenters. The van der Waals surface area contributed by atoms with Crippen LogP contribution in [0, 0.1) is 12.8 Å². The first-order valence-electron chi connectivity index (χ1n) is 10.8. The summed E-state index contributed by atoms with van der Waals surface area (Å²) in [5, 5.41) is 12.7. The maximum absolute atomic E-state index is 12.1. The molecule has 0 amide bonds. The number of nitrogens with one attached hydrogen (secondary N) is 1. The number of fused-ring (bicyclic) bond motifs is 1. The zero-order chi connectivity index (χ0) is 22.7. The van der Waals surface area contributed by atoms with E-state index in [1.165, 1.54) is 0 Å². The quantitative estimate of drug-likeness (QED) is 0.547. The monoisotopic (exact) mass is 424 g/mol. The Labute approximate surface area is 182 Å². The third-order valence-electron chi connectivity index (χ3n) is 5.63. The summed E-state index contributed by atoms with van der Waals surface area (Å²) in [5.74, 6) is 0.475. The molecule has 31 heavy (non-hydrogen) atoms. The van der Waals surface area contributed by atoms with Crippen LogP contribution in [0.3, 0.4) is 0 Å². The number of aliphatic carboxylic acids is 1. The molecule has 0 radical (unpaired) electrons. The molecule has 0 unspecified atom stereocenters. The summed E-state index contributed by atoms with van der Waals surface area (Å²) < 4.78 is 3.72. The second-order valence-corrected chi connectivity index (χ2v) is 8.57. The van der Waals surface area contributed by atoms with Gasteiger partial charge in [-0.1, -0.05) is 19.9 Å². The number of carboxylic acids is 1. The minimum absolute atomic E-state index is 0.0123. The van der Waals surface area contributed by atoms with E-state index in [9.17, 15) is 14.7 Å². The second-order valence-electron chi connectivity index (χ2n) is 8.57. The highest BCUT2D eigenvalue weighted by atomic mass is 16.4. The number of carboxylic acid groups (broad SMARTS) is 1. The van der Waals surface area contributed by atoms with E-state index in [0.29, 0.717) is 24.4 Å². The fourth-order valence-corrected chi connectivity index (χ4v) is 3.88. The van der Waals surface area contributed by atoms with Crippen molar-refractivity contribution >= 4 is 17.0 Å². The molecule has 0 saturated heterocycles. The molecule has 0 fully saturated rings. The van der Waals surface area contributed by atoms with Crippen molar-refractivity contribution < 1.29 is 9.90 Å². The zero-order valence-electron chi connectivity index (χ0n) is 19.0. The van der Waals surface area contributed by atoms with E-state index in [4.69, 9.17) is 4.98 Å². The smallest absolute Gasteiger partial charge is 0.320 e. The van der Waals surface area contributed by atoms with Gasteiger partial charge in [0, 0.05) is 37.5 Å². The van der Waals surface area contributed by atoms with Gasteiger partial charge in [-0.3, -0.25) is 9.59 Å². The van der Waals surface area contributed by atoms with Crippen LogP contribution in [0.5, 0.6) is 0 Å². The highest BCUT2D eigenvalue weighted by Crippen LogP contribution is 2.25. The molecule has 7 heteroatoms. The van der Waals surface area contributed by atoms with Crippen molar-refractivity contribution in [3.05, 3.63) is 51.9 Å². The molecule has 1 aromatic carbocycles. The Morgan fingerprint density at radius 1 is 1.23 bits per heavy atom. The van der Waals surface area contributed by atoms with Crippen molar-refractivity contribution in [1.29, 1.82) is 0 Å². The van der Waals surface area contributed by atoms with Gasteiger partial charge in [0.2, 0.25) is 0 Å². The van der Waals surface area contributed by atoms with Crippen LogP contribution < -0.4 is 10.9 Å². The molecule has 3 aromatic rings. The fraction of sp³-hybridized carbons (Fsp3) is 0.458. The summed E-state index contributed by atoms with van der Waals surface area (Å²) in [6.07, 6.45) is 3.29. The van der Waals surface area contributed by atoms with Crippen LogP contribution in [-0.4, -0.2) is 31.2 Å². The average molecular weight is 425 g/mol. The molecule has 2 N–H and O–H groups in total. The number of carbonyl (C=O) groups is 1. The number of rotatable bonds is 9. The van der Waals surface area contributed by atoms with Crippen molar-refractivity contribution in [1.82, 2.24) is 19.4 Å². The van der Waals surface area contributed by atoms with Gasteiger partial charge >= 0.3 is 5.97 Å². The molecule has 0 bridgehead atoms. The van der Waals surface area contributed by atoms with Crippen LogP contribution >= 0.6 is 0 Å². The average Bonchev–Trinajstić information content (AvgIpc) is 3.08. The van der Waals surface area contributed by atoms with Gasteiger partial charge in [0.25, 0.3) is 5.56 Å². The van der Waals surface area contributed by atoms with E-state index < -0.39 is 12.0 Å². The van der Waals surface area contributed by atoms with Crippen molar-refractivity contribution in [3.63, 3.8) is 0 Å². The summed E-state index contributed by atoms with van der Waals surface area (Å²) in [6, 6.07) is 7.37. The van der Waals surface area contributed by atoms with Crippen molar-refractivity contribution in [2.24, 2.45) is 13.0 Å². The highest BCUT2D eigenvalue weighted by Gasteiger charge is 2.18. The number of nitrogens with zero attached hydrogens (tertiary/aromatic N) is 3. The van der Waals surface area contributed by atoms with Crippen molar-refractivity contribution in [3.8, 4) is 11.4 Å². The molecule has 0 aliphatic rings. The third kappa shape index (κ3) is 5.05. The summed E-state index contributed by atoms with van der Waals surface area (Å²) in [5.41, 5.74) is 4.44. The Morgan fingerprint density at radius 3 is 2.58 bits per heavy atom. The van der Waals surface area contributed by atoms with E-state index in [1.54, 1.807) is 11.6 Å². The molecule has 2 heterocycles. The summed E-state index contributed by atoms with van der Waals surface area (Å²) in [4.78, 5) is 28.5. The minimum Gasteiger partial charge on any atom is -0.480 e. The molecular formula is C24H32N4O3. The van der Waals surface area contributed by atoms with E-state index >= 15 is 0 Å². The van der Waals surface area contributed by atoms with Crippen molar-refractivity contribution in [2.45, 2.75) is 59.7 Å². The molecule has 3 rings (SSSR count). The number of benzene rings is 1. The summed E-state index contributed by atoms with van der Waals surface area (Å²) in [7, 11) is 1.75. The van der Waals surface area contributed by atoms with Crippen LogP contribution in [0.2, 0.25) is 0 Å². The molecule has 2 aromatic heterocycles. The van der Waals surface area contributed by atoms with Crippen LogP contribution in [0.4, 0.5) is 0 Å². The lowest BCUT2D eigenvalue weighted by atomic mass is 10.0. The Morgan fingerprint density at radius 2 is 1.97 bits per heavy atom. The lowest BCUT2D eigenvalue weighted by Crippen LogP contribution is -2.36. The predicted octanol–water partition coefficient (Wildman–Crippen LogP) is 3.71. The largest absolute Gasteiger partial charge is 0.480 e. The van der Waals surface area contributed by atoms with Gasteiger partial charge in [0.1, 0.15) is 11.9 Å². The van der Waals surface area contributed by atoms with Crippen molar-refractivity contribution in [2.75, 3.05) is 0 Å². The minimum atomic E-state index is -0.815. The van der Waals surface area contributed by atoms with Gasteiger partial charge in [0.05, 0.1) is 11.0 Å². The van der Waals surface area contributed by atoms with E-state index in [0.717, 1.165) is 41.0 Å². The molecule has 0 aliphatic heterocycles. The predicted molar refractivity (Wildman–Crippen MR) is 123 cm³/mol. The van der Waals surface area contributed by atoms with Gasteiger partial charge in [-0.25, -0.2) is 4.98 Å². The lowest BCUT2D eigenvalue weighted by Gasteiger charge is -2.15. The first-order chi connectivity index (χ1) is 14.7. The second kappa shape index (κ2) is 9.47. The molecule has 0 spiro atoms. The molecule has 7 nitrogen and oxygen atoms in total. The molecular weight excluding hydrogens is 392 g/mol. The maximum Gasteiger partial charge on any atom is 0.320 e. The van der Waals surface area contributed by atoms with E-state index in [2.05, 4.69) is 30.7 Å². The Balaban J connectivity index is 1.89. The number of aromatic nitrogens is 3. The van der Waals surface area contributed by atoms with Crippen LogP contribution in [0.1, 0.15) is 44.7 Å².